The molecule has 0 bridgehead atoms. The Morgan fingerprint density at radius 2 is 2.27 bits per heavy atom. The van der Waals surface area contributed by atoms with Crippen LogP contribution in [0.1, 0.15) is 6.92 Å². The van der Waals surface area contributed by atoms with Gasteiger partial charge in [-0.25, -0.2) is 0 Å². The molecule has 1 aromatic rings. The van der Waals surface area contributed by atoms with E-state index in [1.165, 1.54) is 5.22 Å². The number of rotatable bonds is 1. The summed E-state index contributed by atoms with van der Waals surface area (Å²) in [5.41, 5.74) is 0. The molecule has 11 heavy (non-hydrogen) atoms. The van der Waals surface area contributed by atoms with Crippen LogP contribution in [0, 0.1) is 0 Å². The van der Waals surface area contributed by atoms with E-state index in [4.69, 9.17) is 0 Å². The van der Waals surface area contributed by atoms with Gasteiger partial charge < -0.3 is 0 Å². The SMILES string of the molecule is C=C/C=c1/cncc/c1=C/C. The van der Waals surface area contributed by atoms with Crippen molar-refractivity contribution in [1.29, 1.82) is 0 Å². The zero-order valence-electron chi connectivity index (χ0n) is 6.62. The van der Waals surface area contributed by atoms with E-state index in [-0.39, 0.29) is 0 Å². The maximum atomic E-state index is 4.01. The summed E-state index contributed by atoms with van der Waals surface area (Å²) in [5.74, 6) is 0. The molecule has 1 aromatic heterocycles. The number of pyridine rings is 1. The Morgan fingerprint density at radius 3 is 2.91 bits per heavy atom. The highest BCUT2D eigenvalue weighted by Crippen LogP contribution is 1.67. The first kappa shape index (κ1) is 7.73. The number of allylic oxidation sites excluding steroid dienone is 1. The number of nitrogens with zero attached hydrogens (tertiary/aromatic N) is 1. The van der Waals surface area contributed by atoms with Gasteiger partial charge in [-0.05, 0) is 23.4 Å². The van der Waals surface area contributed by atoms with Gasteiger partial charge in [0, 0.05) is 12.4 Å². The molecule has 0 saturated carbocycles. The van der Waals surface area contributed by atoms with E-state index in [1.54, 1.807) is 12.3 Å². The number of aromatic nitrogens is 1. The van der Waals surface area contributed by atoms with Crippen molar-refractivity contribution < 1.29 is 0 Å². The lowest BCUT2D eigenvalue weighted by Gasteiger charge is -1.85. The van der Waals surface area contributed by atoms with Gasteiger partial charge in [-0.3, -0.25) is 4.98 Å². The van der Waals surface area contributed by atoms with Crippen LogP contribution < -0.4 is 10.4 Å². The highest BCUT2D eigenvalue weighted by Gasteiger charge is 1.79. The van der Waals surface area contributed by atoms with E-state index < -0.39 is 0 Å². The molecule has 56 valence electrons. The molecule has 1 rings (SSSR count). The predicted molar refractivity (Wildman–Crippen MR) is 48.3 cm³/mol. The minimum atomic E-state index is 1.12. The summed E-state index contributed by atoms with van der Waals surface area (Å²) in [4.78, 5) is 4.01. The van der Waals surface area contributed by atoms with Crippen LogP contribution in [0.2, 0.25) is 0 Å². The minimum Gasteiger partial charge on any atom is -0.264 e. The molecule has 0 aromatic carbocycles. The largest absolute Gasteiger partial charge is 0.264 e. The first-order chi connectivity index (χ1) is 5.38. The van der Waals surface area contributed by atoms with E-state index in [0.29, 0.717) is 0 Å². The van der Waals surface area contributed by atoms with Gasteiger partial charge in [0.25, 0.3) is 0 Å². The average molecular weight is 145 g/mol. The van der Waals surface area contributed by atoms with Crippen LogP contribution in [0.4, 0.5) is 0 Å². The Morgan fingerprint density at radius 1 is 1.45 bits per heavy atom. The Labute approximate surface area is 66.4 Å². The predicted octanol–water partition coefficient (Wildman–Crippen LogP) is 0.849. The second-order valence-corrected chi connectivity index (χ2v) is 2.20. The maximum absolute atomic E-state index is 4.01. The fourth-order valence-corrected chi connectivity index (χ4v) is 0.947. The van der Waals surface area contributed by atoms with Crippen LogP contribution in [0.5, 0.6) is 0 Å². The molecule has 0 N–H and O–H groups in total. The van der Waals surface area contributed by atoms with E-state index in [9.17, 15) is 0 Å². The van der Waals surface area contributed by atoms with Crippen LogP contribution in [0.3, 0.4) is 0 Å². The first-order valence-corrected chi connectivity index (χ1v) is 3.57. The molecule has 0 atom stereocenters. The third-order valence-corrected chi connectivity index (χ3v) is 1.50. The number of hydrogen-bond acceptors (Lipinski definition) is 1. The summed E-state index contributed by atoms with van der Waals surface area (Å²) in [6.45, 7) is 5.64. The molecule has 1 heterocycles. The topological polar surface area (TPSA) is 12.9 Å². The normalized spacial score (nSPS) is 13.5. The molecule has 0 spiro atoms. The highest BCUT2D eigenvalue weighted by molar-refractivity contribution is 5.36. The van der Waals surface area contributed by atoms with Crippen molar-refractivity contribution >= 4 is 12.2 Å². The summed E-state index contributed by atoms with van der Waals surface area (Å²) < 4.78 is 0. The van der Waals surface area contributed by atoms with Crippen LogP contribution in [0.15, 0.2) is 31.1 Å². The highest BCUT2D eigenvalue weighted by atomic mass is 14.6. The number of hydrogen-bond donors (Lipinski definition) is 0. The van der Waals surface area contributed by atoms with E-state index in [0.717, 1.165) is 5.22 Å². The fraction of sp³-hybridized carbons (Fsp3) is 0.100. The van der Waals surface area contributed by atoms with Crippen molar-refractivity contribution in [3.63, 3.8) is 0 Å². The van der Waals surface area contributed by atoms with Crippen molar-refractivity contribution in [2.45, 2.75) is 6.92 Å². The van der Waals surface area contributed by atoms with E-state index >= 15 is 0 Å². The van der Waals surface area contributed by atoms with Gasteiger partial charge in [0.1, 0.15) is 0 Å². The second kappa shape index (κ2) is 3.71. The lowest BCUT2D eigenvalue weighted by Crippen LogP contribution is -2.23. The molecular weight excluding hydrogens is 134 g/mol. The molecule has 0 aliphatic carbocycles. The minimum absolute atomic E-state index is 1.12. The summed E-state index contributed by atoms with van der Waals surface area (Å²) in [5, 5.41) is 2.31. The summed E-state index contributed by atoms with van der Waals surface area (Å²) >= 11 is 0. The Hall–Kier alpha value is -1.37. The van der Waals surface area contributed by atoms with Gasteiger partial charge in [0.2, 0.25) is 0 Å². The molecule has 0 aliphatic heterocycles. The van der Waals surface area contributed by atoms with Crippen molar-refractivity contribution in [2.24, 2.45) is 0 Å². The summed E-state index contributed by atoms with van der Waals surface area (Å²) in [7, 11) is 0. The quantitative estimate of drug-likeness (QED) is 0.571. The fourth-order valence-electron chi connectivity index (χ4n) is 0.947. The average Bonchev–Trinajstić information content (AvgIpc) is 2.06. The zero-order chi connectivity index (χ0) is 8.10. The van der Waals surface area contributed by atoms with Crippen LogP contribution in [-0.2, 0) is 0 Å². The van der Waals surface area contributed by atoms with Gasteiger partial charge in [0.05, 0.1) is 0 Å². The summed E-state index contributed by atoms with van der Waals surface area (Å²) in [6, 6.07) is 1.98. The van der Waals surface area contributed by atoms with Crippen LogP contribution in [0.25, 0.3) is 12.2 Å². The standard InChI is InChI=1S/C10H11N/c1-3-5-10-8-11-7-6-9(10)4-2/h3-8H,1H2,2H3/b9-4-,10-5-. The van der Waals surface area contributed by atoms with Crippen LogP contribution in [-0.4, -0.2) is 4.98 Å². The molecule has 1 heteroatoms. The van der Waals surface area contributed by atoms with Crippen molar-refractivity contribution in [2.75, 3.05) is 0 Å². The Balaban J connectivity index is 3.48. The van der Waals surface area contributed by atoms with Crippen molar-refractivity contribution in [1.82, 2.24) is 4.98 Å². The van der Waals surface area contributed by atoms with Crippen molar-refractivity contribution in [3.8, 4) is 0 Å². The molecular formula is C10H11N. The third-order valence-electron chi connectivity index (χ3n) is 1.50. The second-order valence-electron chi connectivity index (χ2n) is 2.20. The Bertz CT molecular complexity index is 349. The van der Waals surface area contributed by atoms with Crippen LogP contribution >= 0.6 is 0 Å². The molecule has 0 unspecified atom stereocenters. The third kappa shape index (κ3) is 1.77. The van der Waals surface area contributed by atoms with Gasteiger partial charge in [-0.1, -0.05) is 24.8 Å². The smallest absolute Gasteiger partial charge is 0.0346 e. The van der Waals surface area contributed by atoms with Crippen molar-refractivity contribution in [3.05, 3.63) is 41.6 Å². The van der Waals surface area contributed by atoms with Gasteiger partial charge in [0.15, 0.2) is 0 Å². The van der Waals surface area contributed by atoms with Gasteiger partial charge in [-0.2, -0.15) is 0 Å². The monoisotopic (exact) mass is 145 g/mol. The molecule has 0 radical (unpaired) electrons. The molecule has 0 amide bonds. The van der Waals surface area contributed by atoms with E-state index in [1.807, 2.05) is 25.3 Å². The zero-order valence-corrected chi connectivity index (χ0v) is 6.62. The Kier molecular flexibility index (Phi) is 2.61. The molecule has 1 nitrogen and oxygen atoms in total. The molecule has 0 saturated heterocycles. The van der Waals surface area contributed by atoms with Gasteiger partial charge >= 0.3 is 0 Å². The summed E-state index contributed by atoms with van der Waals surface area (Å²) in [6.07, 6.45) is 9.39. The first-order valence-electron chi connectivity index (χ1n) is 3.57. The maximum Gasteiger partial charge on any atom is 0.0346 e. The lowest BCUT2D eigenvalue weighted by molar-refractivity contribution is 1.27. The van der Waals surface area contributed by atoms with E-state index in [2.05, 4.69) is 17.6 Å². The molecule has 0 aliphatic rings. The lowest BCUT2D eigenvalue weighted by atomic mass is 10.3. The van der Waals surface area contributed by atoms with Gasteiger partial charge in [-0.15, -0.1) is 0 Å². The molecule has 0 fully saturated rings.